The van der Waals surface area contributed by atoms with Gasteiger partial charge < -0.3 is 11.1 Å². The van der Waals surface area contributed by atoms with Gasteiger partial charge in [-0.05, 0) is 47.8 Å². The average Bonchev–Trinajstić information content (AvgIpc) is 3.41. The summed E-state index contributed by atoms with van der Waals surface area (Å²) in [4.78, 5) is 10.5. The predicted molar refractivity (Wildman–Crippen MR) is 106 cm³/mol. The molecule has 3 N–H and O–H groups in total. The van der Waals surface area contributed by atoms with Crippen molar-refractivity contribution in [1.29, 1.82) is 0 Å². The number of pyridine rings is 1. The van der Waals surface area contributed by atoms with Gasteiger partial charge in [0.15, 0.2) is 11.5 Å². The molecule has 0 atom stereocenters. The fourth-order valence-electron chi connectivity index (χ4n) is 3.09. The van der Waals surface area contributed by atoms with E-state index in [-0.39, 0.29) is 0 Å². The first-order valence-electron chi connectivity index (χ1n) is 8.38. The number of nitrogens with one attached hydrogen (secondary N) is 1. The lowest BCUT2D eigenvalue weighted by Gasteiger charge is -2.07. The van der Waals surface area contributed by atoms with Gasteiger partial charge in [0.2, 0.25) is 0 Å². The first-order valence-corrected chi connectivity index (χ1v) is 9.26. The number of nitrogen functional groups attached to an aromatic ring is 1. The van der Waals surface area contributed by atoms with E-state index in [9.17, 15) is 0 Å². The molecule has 1 aromatic carbocycles. The van der Waals surface area contributed by atoms with E-state index < -0.39 is 0 Å². The second kappa shape index (κ2) is 5.96. The van der Waals surface area contributed by atoms with Crippen LogP contribution in [0.2, 0.25) is 0 Å². The molecule has 1 aliphatic rings. The van der Waals surface area contributed by atoms with Gasteiger partial charge in [0.25, 0.3) is 0 Å². The number of amidine groups is 1. The number of nitrogens with two attached hydrogens (primary N) is 1. The van der Waals surface area contributed by atoms with Crippen molar-refractivity contribution in [2.24, 2.45) is 4.99 Å². The Morgan fingerprint density at radius 2 is 1.96 bits per heavy atom. The van der Waals surface area contributed by atoms with Crippen LogP contribution >= 0.6 is 11.3 Å². The fourth-order valence-corrected chi connectivity index (χ4v) is 3.83. The molecule has 26 heavy (non-hydrogen) atoms. The molecule has 0 amide bonds. The Morgan fingerprint density at radius 3 is 2.69 bits per heavy atom. The fraction of sp³-hybridized carbons (Fsp3) is 0.105. The van der Waals surface area contributed by atoms with Crippen molar-refractivity contribution in [3.8, 4) is 22.0 Å². The van der Waals surface area contributed by atoms with E-state index in [1.807, 2.05) is 34.8 Å². The molecule has 0 bridgehead atoms. The van der Waals surface area contributed by atoms with Crippen LogP contribution in [0.5, 0.6) is 0 Å². The van der Waals surface area contributed by atoms with Gasteiger partial charge in [0.05, 0.1) is 22.7 Å². The summed E-state index contributed by atoms with van der Waals surface area (Å²) >= 11 is 1.68. The minimum Gasteiger partial charge on any atom is -0.399 e. The molecule has 0 radical (unpaired) electrons. The minimum absolute atomic E-state index is 0.675. The number of nitrogens with zero attached hydrogens (tertiary/aromatic N) is 4. The molecule has 128 valence electrons. The van der Waals surface area contributed by atoms with E-state index in [0.717, 1.165) is 52.0 Å². The lowest BCUT2D eigenvalue weighted by atomic mass is 10.2. The Labute approximate surface area is 154 Å². The largest absolute Gasteiger partial charge is 0.399 e. The first kappa shape index (κ1) is 15.1. The molecule has 0 fully saturated rings. The molecule has 0 spiro atoms. The second-order valence-corrected chi connectivity index (χ2v) is 7.01. The molecule has 0 saturated heterocycles. The molecular formula is C19H16N6S. The molecule has 0 saturated carbocycles. The van der Waals surface area contributed by atoms with E-state index >= 15 is 0 Å². The van der Waals surface area contributed by atoms with Crippen molar-refractivity contribution in [3.05, 3.63) is 59.5 Å². The summed E-state index contributed by atoms with van der Waals surface area (Å²) in [5.74, 6) is 1.55. The number of rotatable bonds is 3. The summed E-state index contributed by atoms with van der Waals surface area (Å²) in [5, 5.41) is 10.2. The van der Waals surface area contributed by atoms with Crippen molar-refractivity contribution >= 4 is 28.5 Å². The smallest absolute Gasteiger partial charge is 0.182 e. The summed E-state index contributed by atoms with van der Waals surface area (Å²) in [7, 11) is 0. The third-order valence-electron chi connectivity index (χ3n) is 4.36. The first-order chi connectivity index (χ1) is 12.8. The second-order valence-electron chi connectivity index (χ2n) is 6.06. The minimum atomic E-state index is 0.675. The number of anilines is 1. The number of benzene rings is 1. The monoisotopic (exact) mass is 360 g/mol. The number of fused-ring (bicyclic) bond motifs is 1. The standard InChI is InChI=1S/C19H16N6S/c20-13-5-3-12(4-6-13)17-23-19-14(18-21-9-10-22-18)7-8-15(25(19)24-17)16-2-1-11-26-16/h1-8,11H,9-10,20H2,(H,21,22). The van der Waals surface area contributed by atoms with Gasteiger partial charge in [0.1, 0.15) is 5.84 Å². The van der Waals surface area contributed by atoms with Gasteiger partial charge in [0, 0.05) is 17.8 Å². The van der Waals surface area contributed by atoms with E-state index in [2.05, 4.69) is 33.9 Å². The van der Waals surface area contributed by atoms with Crippen LogP contribution in [0.25, 0.3) is 27.6 Å². The van der Waals surface area contributed by atoms with E-state index in [1.165, 1.54) is 0 Å². The molecule has 0 unspecified atom stereocenters. The summed E-state index contributed by atoms with van der Waals surface area (Å²) < 4.78 is 1.91. The number of aliphatic imine (C=N–C) groups is 1. The zero-order valence-corrected chi connectivity index (χ0v) is 14.7. The molecular weight excluding hydrogens is 344 g/mol. The molecule has 1 aliphatic heterocycles. The summed E-state index contributed by atoms with van der Waals surface area (Å²) in [6.45, 7) is 1.64. The van der Waals surface area contributed by atoms with Crippen LogP contribution < -0.4 is 11.1 Å². The van der Waals surface area contributed by atoms with Crippen LogP contribution in [0.4, 0.5) is 5.69 Å². The van der Waals surface area contributed by atoms with Crippen LogP contribution in [0.3, 0.4) is 0 Å². The van der Waals surface area contributed by atoms with Crippen molar-refractivity contribution in [2.45, 2.75) is 0 Å². The quantitative estimate of drug-likeness (QED) is 0.550. The van der Waals surface area contributed by atoms with Gasteiger partial charge >= 0.3 is 0 Å². The Kier molecular flexibility index (Phi) is 3.46. The van der Waals surface area contributed by atoms with Crippen molar-refractivity contribution in [2.75, 3.05) is 18.8 Å². The maximum absolute atomic E-state index is 5.81. The third-order valence-corrected chi connectivity index (χ3v) is 5.25. The zero-order chi connectivity index (χ0) is 17.5. The van der Waals surface area contributed by atoms with Crippen LogP contribution in [0.1, 0.15) is 5.56 Å². The molecule has 0 aliphatic carbocycles. The van der Waals surface area contributed by atoms with Crippen LogP contribution in [-0.2, 0) is 0 Å². The van der Waals surface area contributed by atoms with Gasteiger partial charge in [-0.15, -0.1) is 16.4 Å². The van der Waals surface area contributed by atoms with E-state index in [4.69, 9.17) is 15.8 Å². The third kappa shape index (κ3) is 2.44. The zero-order valence-electron chi connectivity index (χ0n) is 13.9. The highest BCUT2D eigenvalue weighted by molar-refractivity contribution is 7.13. The van der Waals surface area contributed by atoms with Crippen molar-refractivity contribution in [1.82, 2.24) is 19.9 Å². The summed E-state index contributed by atoms with van der Waals surface area (Å²) in [6, 6.07) is 15.9. The average molecular weight is 360 g/mol. The highest BCUT2D eigenvalue weighted by Gasteiger charge is 2.19. The predicted octanol–water partition coefficient (Wildman–Crippen LogP) is 3.06. The van der Waals surface area contributed by atoms with Crippen molar-refractivity contribution in [3.63, 3.8) is 0 Å². The van der Waals surface area contributed by atoms with Crippen LogP contribution in [0.15, 0.2) is 58.9 Å². The van der Waals surface area contributed by atoms with E-state index in [1.54, 1.807) is 11.3 Å². The lowest BCUT2D eigenvalue weighted by Crippen LogP contribution is -2.20. The SMILES string of the molecule is Nc1ccc(-c2nc3c(C4=NCCN4)ccc(-c4cccs4)n3n2)cc1. The molecule has 6 nitrogen and oxygen atoms in total. The maximum atomic E-state index is 5.81. The topological polar surface area (TPSA) is 80.6 Å². The Hall–Kier alpha value is -3.19. The molecule has 3 aromatic heterocycles. The highest BCUT2D eigenvalue weighted by Crippen LogP contribution is 2.28. The lowest BCUT2D eigenvalue weighted by molar-refractivity contribution is 0.956. The molecule has 7 heteroatoms. The molecule has 4 heterocycles. The number of aromatic nitrogens is 3. The highest BCUT2D eigenvalue weighted by atomic mass is 32.1. The van der Waals surface area contributed by atoms with Gasteiger partial charge in [-0.1, -0.05) is 6.07 Å². The summed E-state index contributed by atoms with van der Waals surface area (Å²) in [5.41, 5.74) is 10.3. The Morgan fingerprint density at radius 1 is 1.08 bits per heavy atom. The van der Waals surface area contributed by atoms with Gasteiger partial charge in [-0.25, -0.2) is 9.50 Å². The van der Waals surface area contributed by atoms with Crippen LogP contribution in [0, 0.1) is 0 Å². The Bertz CT molecular complexity index is 1110. The molecule has 5 rings (SSSR count). The Balaban J connectivity index is 1.75. The van der Waals surface area contributed by atoms with Crippen LogP contribution in [-0.4, -0.2) is 33.5 Å². The number of hydrogen-bond acceptors (Lipinski definition) is 6. The molecule has 4 aromatic rings. The van der Waals surface area contributed by atoms with Crippen molar-refractivity contribution < 1.29 is 0 Å². The summed E-state index contributed by atoms with van der Waals surface area (Å²) in [6.07, 6.45) is 0. The van der Waals surface area contributed by atoms with Gasteiger partial charge in [-0.2, -0.15) is 0 Å². The van der Waals surface area contributed by atoms with Gasteiger partial charge in [-0.3, -0.25) is 4.99 Å². The number of thiophene rings is 1. The normalized spacial score (nSPS) is 13.8. The van der Waals surface area contributed by atoms with E-state index in [0.29, 0.717) is 5.82 Å². The number of hydrogen-bond donors (Lipinski definition) is 2. The maximum Gasteiger partial charge on any atom is 0.182 e.